The van der Waals surface area contributed by atoms with Crippen LogP contribution in [0.3, 0.4) is 0 Å². The summed E-state index contributed by atoms with van der Waals surface area (Å²) < 4.78 is 0. The van der Waals surface area contributed by atoms with Gasteiger partial charge in [0.25, 0.3) is 0 Å². The van der Waals surface area contributed by atoms with E-state index in [0.29, 0.717) is 13.1 Å². The Morgan fingerprint density at radius 1 is 1.32 bits per heavy atom. The monoisotopic (exact) mass is 263 g/mol. The number of nitrogens with zero attached hydrogens (tertiary/aromatic N) is 1. The molecule has 0 heterocycles. The second-order valence-corrected chi connectivity index (χ2v) is 4.47. The van der Waals surface area contributed by atoms with Crippen LogP contribution in [0, 0.1) is 0 Å². The lowest BCUT2D eigenvalue weighted by molar-refractivity contribution is -0.134. The Labute approximate surface area is 113 Å². The Kier molecular flexibility index (Phi) is 6.02. The third-order valence-electron chi connectivity index (χ3n) is 2.96. The molecule has 0 fully saturated rings. The lowest BCUT2D eigenvalue weighted by atomic mass is 10.2. The summed E-state index contributed by atoms with van der Waals surface area (Å²) in [5, 5.41) is 2.91. The maximum atomic E-state index is 12.2. The van der Waals surface area contributed by atoms with Crippen molar-refractivity contribution in [3.63, 3.8) is 0 Å². The van der Waals surface area contributed by atoms with Gasteiger partial charge in [0.05, 0.1) is 6.04 Å². The van der Waals surface area contributed by atoms with Gasteiger partial charge in [0.15, 0.2) is 0 Å². The van der Waals surface area contributed by atoms with Crippen molar-refractivity contribution in [3.05, 3.63) is 35.9 Å². The molecule has 5 heteroatoms. The Morgan fingerprint density at radius 2 is 1.95 bits per heavy atom. The minimum absolute atomic E-state index is 0.0346. The first-order valence-corrected chi connectivity index (χ1v) is 6.33. The fraction of sp³-hybridized carbons (Fsp3) is 0.429. The Balaban J connectivity index is 2.74. The topological polar surface area (TPSA) is 75.4 Å². The van der Waals surface area contributed by atoms with Gasteiger partial charge in [0, 0.05) is 19.5 Å². The third kappa shape index (κ3) is 5.09. The van der Waals surface area contributed by atoms with Crippen LogP contribution in [0.5, 0.6) is 0 Å². The van der Waals surface area contributed by atoms with Crippen molar-refractivity contribution < 1.29 is 9.59 Å². The van der Waals surface area contributed by atoms with Crippen molar-refractivity contribution in [2.45, 2.75) is 25.9 Å². The highest BCUT2D eigenvalue weighted by Gasteiger charge is 2.19. The molecule has 1 atom stereocenters. The van der Waals surface area contributed by atoms with Crippen LogP contribution < -0.4 is 11.1 Å². The van der Waals surface area contributed by atoms with E-state index < -0.39 is 5.91 Å². The molecule has 19 heavy (non-hydrogen) atoms. The fourth-order valence-corrected chi connectivity index (χ4v) is 1.71. The molecule has 2 amide bonds. The lowest BCUT2D eigenvalue weighted by Crippen LogP contribution is -2.44. The van der Waals surface area contributed by atoms with Gasteiger partial charge >= 0.3 is 0 Å². The van der Waals surface area contributed by atoms with Crippen molar-refractivity contribution in [3.8, 4) is 0 Å². The predicted molar refractivity (Wildman–Crippen MR) is 74.2 cm³/mol. The number of carbonyl (C=O) groups excluding carboxylic acids is 2. The number of carbonyl (C=O) groups is 2. The first-order chi connectivity index (χ1) is 9.04. The highest BCUT2D eigenvalue weighted by atomic mass is 16.2. The van der Waals surface area contributed by atoms with E-state index >= 15 is 0 Å². The third-order valence-corrected chi connectivity index (χ3v) is 2.96. The van der Waals surface area contributed by atoms with Gasteiger partial charge in [-0.3, -0.25) is 9.59 Å². The molecule has 0 saturated heterocycles. The van der Waals surface area contributed by atoms with Crippen molar-refractivity contribution in [1.82, 2.24) is 10.2 Å². The zero-order chi connectivity index (χ0) is 14.3. The number of amides is 2. The number of likely N-dealkylation sites (N-methyl/N-ethyl adjacent to an activating group) is 1. The molecule has 0 aliphatic carbocycles. The zero-order valence-corrected chi connectivity index (χ0v) is 11.4. The predicted octanol–water partition coefficient (Wildman–Crippen LogP) is 0.499. The number of hydrogen-bond acceptors (Lipinski definition) is 3. The van der Waals surface area contributed by atoms with Gasteiger partial charge in [0.1, 0.15) is 0 Å². The average molecular weight is 263 g/mol. The van der Waals surface area contributed by atoms with Crippen molar-refractivity contribution >= 4 is 11.8 Å². The molecular formula is C14H21N3O2. The second kappa shape index (κ2) is 7.53. The van der Waals surface area contributed by atoms with E-state index in [4.69, 9.17) is 5.73 Å². The van der Waals surface area contributed by atoms with Gasteiger partial charge in [-0.05, 0) is 19.5 Å². The summed E-state index contributed by atoms with van der Waals surface area (Å²) in [4.78, 5) is 24.7. The SMILES string of the molecule is CNC(C)C(=O)N(CCC(N)=O)Cc1ccccc1. The Bertz CT molecular complexity index is 420. The van der Waals surface area contributed by atoms with E-state index in [9.17, 15) is 9.59 Å². The molecular weight excluding hydrogens is 242 g/mol. The summed E-state index contributed by atoms with van der Waals surface area (Å²) >= 11 is 0. The molecule has 0 saturated carbocycles. The van der Waals surface area contributed by atoms with Crippen molar-refractivity contribution in [2.24, 2.45) is 5.73 Å². The maximum absolute atomic E-state index is 12.2. The molecule has 1 aromatic carbocycles. The normalized spacial score (nSPS) is 11.9. The van der Waals surface area contributed by atoms with E-state index in [2.05, 4.69) is 5.32 Å². The molecule has 0 aliphatic rings. The summed E-state index contributed by atoms with van der Waals surface area (Å²) in [5.41, 5.74) is 6.18. The van der Waals surface area contributed by atoms with Gasteiger partial charge in [-0.15, -0.1) is 0 Å². The smallest absolute Gasteiger partial charge is 0.239 e. The highest BCUT2D eigenvalue weighted by molar-refractivity contribution is 5.82. The molecule has 1 aromatic rings. The van der Waals surface area contributed by atoms with Crippen LogP contribution in [-0.4, -0.2) is 36.3 Å². The Hall–Kier alpha value is -1.88. The average Bonchev–Trinajstić information content (AvgIpc) is 2.42. The Morgan fingerprint density at radius 3 is 2.47 bits per heavy atom. The van der Waals surface area contributed by atoms with Gasteiger partial charge in [-0.2, -0.15) is 0 Å². The van der Waals surface area contributed by atoms with Gasteiger partial charge in [0.2, 0.25) is 11.8 Å². The summed E-state index contributed by atoms with van der Waals surface area (Å²) in [7, 11) is 1.73. The van der Waals surface area contributed by atoms with Crippen LogP contribution in [0.4, 0.5) is 0 Å². The molecule has 1 rings (SSSR count). The maximum Gasteiger partial charge on any atom is 0.239 e. The molecule has 0 aromatic heterocycles. The summed E-state index contributed by atoms with van der Waals surface area (Å²) in [5.74, 6) is -0.435. The van der Waals surface area contributed by atoms with Crippen LogP contribution in [0.1, 0.15) is 18.9 Å². The van der Waals surface area contributed by atoms with Gasteiger partial charge < -0.3 is 16.0 Å². The van der Waals surface area contributed by atoms with Gasteiger partial charge in [-0.1, -0.05) is 30.3 Å². The van der Waals surface area contributed by atoms with Crippen LogP contribution in [0.2, 0.25) is 0 Å². The van der Waals surface area contributed by atoms with Crippen LogP contribution in [0.25, 0.3) is 0 Å². The van der Waals surface area contributed by atoms with E-state index in [1.54, 1.807) is 18.9 Å². The molecule has 0 spiro atoms. The first-order valence-electron chi connectivity index (χ1n) is 6.33. The minimum Gasteiger partial charge on any atom is -0.370 e. The first kappa shape index (κ1) is 15.2. The largest absolute Gasteiger partial charge is 0.370 e. The highest BCUT2D eigenvalue weighted by Crippen LogP contribution is 2.07. The van der Waals surface area contributed by atoms with Crippen LogP contribution in [-0.2, 0) is 16.1 Å². The van der Waals surface area contributed by atoms with E-state index in [1.165, 1.54) is 0 Å². The molecule has 1 unspecified atom stereocenters. The summed E-state index contributed by atoms with van der Waals surface area (Å²) in [6, 6.07) is 9.40. The number of rotatable bonds is 7. The van der Waals surface area contributed by atoms with Crippen LogP contribution in [0.15, 0.2) is 30.3 Å². The molecule has 0 aliphatic heterocycles. The van der Waals surface area contributed by atoms with Gasteiger partial charge in [-0.25, -0.2) is 0 Å². The van der Waals surface area contributed by atoms with Crippen LogP contribution >= 0.6 is 0 Å². The second-order valence-electron chi connectivity index (χ2n) is 4.47. The molecule has 5 nitrogen and oxygen atoms in total. The number of nitrogens with one attached hydrogen (secondary N) is 1. The number of primary amides is 1. The summed E-state index contributed by atoms with van der Waals surface area (Å²) in [6.45, 7) is 2.62. The van der Waals surface area contributed by atoms with Crippen molar-refractivity contribution in [2.75, 3.05) is 13.6 Å². The summed E-state index contributed by atoms with van der Waals surface area (Å²) in [6.07, 6.45) is 0.176. The van der Waals surface area contributed by atoms with Crippen molar-refractivity contribution in [1.29, 1.82) is 0 Å². The number of benzene rings is 1. The molecule has 0 radical (unpaired) electrons. The quantitative estimate of drug-likeness (QED) is 0.752. The molecule has 3 N–H and O–H groups in total. The lowest BCUT2D eigenvalue weighted by Gasteiger charge is -2.25. The standard InChI is InChI=1S/C14H21N3O2/c1-11(16-2)14(19)17(9-8-13(15)18)10-12-6-4-3-5-7-12/h3-7,11,16H,8-10H2,1-2H3,(H2,15,18). The minimum atomic E-state index is -0.400. The molecule has 0 bridgehead atoms. The van der Waals surface area contributed by atoms with E-state index in [-0.39, 0.29) is 18.4 Å². The number of hydrogen-bond donors (Lipinski definition) is 2. The number of nitrogens with two attached hydrogens (primary N) is 1. The fourth-order valence-electron chi connectivity index (χ4n) is 1.71. The molecule has 104 valence electrons. The van der Waals surface area contributed by atoms with E-state index in [1.807, 2.05) is 30.3 Å². The van der Waals surface area contributed by atoms with E-state index in [0.717, 1.165) is 5.56 Å². The zero-order valence-electron chi connectivity index (χ0n) is 11.4.